The number of hydrogen-bond donors (Lipinski definition) is 4. The maximum absolute atomic E-state index is 7.47. The molecule has 2 fully saturated rings. The van der Waals surface area contributed by atoms with E-state index in [1.54, 1.807) is 0 Å². The zero-order valence-electron chi connectivity index (χ0n) is 20.4. The SMILES string of the molecule is N=C(N)c1ccc(OCCCN2CC3CCCN(CCCOc4ccc(C(=N)N)cc4)C3C2)cc1. The monoisotopic (exact) mass is 478 g/mol. The van der Waals surface area contributed by atoms with Gasteiger partial charge in [0.15, 0.2) is 0 Å². The van der Waals surface area contributed by atoms with Crippen molar-refractivity contribution in [1.29, 1.82) is 10.8 Å². The molecule has 8 nitrogen and oxygen atoms in total. The summed E-state index contributed by atoms with van der Waals surface area (Å²) in [6, 6.07) is 15.5. The molecule has 6 N–H and O–H groups in total. The molecule has 0 aromatic heterocycles. The summed E-state index contributed by atoms with van der Waals surface area (Å²) in [5.41, 5.74) is 12.5. The largest absolute Gasteiger partial charge is 0.494 e. The summed E-state index contributed by atoms with van der Waals surface area (Å²) in [6.07, 6.45) is 4.62. The number of amidine groups is 2. The second-order valence-corrected chi connectivity index (χ2v) is 9.55. The number of ether oxygens (including phenoxy) is 2. The fraction of sp³-hybridized carbons (Fsp3) is 0.481. The molecule has 0 spiro atoms. The summed E-state index contributed by atoms with van der Waals surface area (Å²) < 4.78 is 11.8. The zero-order chi connectivity index (χ0) is 24.6. The lowest BCUT2D eigenvalue weighted by atomic mass is 9.92. The molecular weight excluding hydrogens is 440 g/mol. The lowest BCUT2D eigenvalue weighted by Gasteiger charge is -2.37. The minimum absolute atomic E-state index is 0.0778. The first-order valence-corrected chi connectivity index (χ1v) is 12.6. The van der Waals surface area contributed by atoms with Gasteiger partial charge in [-0.15, -0.1) is 0 Å². The number of nitrogens with zero attached hydrogens (tertiary/aromatic N) is 2. The van der Waals surface area contributed by atoms with Crippen molar-refractivity contribution in [2.75, 3.05) is 45.9 Å². The number of nitrogen functional groups attached to an aromatic ring is 2. The number of nitrogens with one attached hydrogen (secondary N) is 2. The molecule has 0 aliphatic carbocycles. The van der Waals surface area contributed by atoms with Gasteiger partial charge in [-0.1, -0.05) is 0 Å². The Bertz CT molecular complexity index is 978. The van der Waals surface area contributed by atoms with E-state index in [1.807, 2.05) is 48.5 Å². The first-order chi connectivity index (χ1) is 17.0. The highest BCUT2D eigenvalue weighted by Crippen LogP contribution is 2.30. The summed E-state index contributed by atoms with van der Waals surface area (Å²) in [5.74, 6) is 2.58. The minimum atomic E-state index is 0.0778. The lowest BCUT2D eigenvalue weighted by Crippen LogP contribution is -2.45. The summed E-state index contributed by atoms with van der Waals surface area (Å²) >= 11 is 0. The molecule has 2 heterocycles. The highest BCUT2D eigenvalue weighted by Gasteiger charge is 2.38. The standard InChI is InChI=1S/C27H38N6O2/c28-26(29)20-5-9-23(10-6-20)34-16-2-13-32-18-22-4-1-14-33(25(22)19-32)15-3-17-35-24-11-7-21(8-12-24)27(30)31/h5-12,22,25H,1-4,13-19H2,(H3,28,29)(H3,30,31). The van der Waals surface area contributed by atoms with Gasteiger partial charge in [-0.3, -0.25) is 15.7 Å². The fourth-order valence-corrected chi connectivity index (χ4v) is 5.22. The second kappa shape index (κ2) is 12.0. The number of fused-ring (bicyclic) bond motifs is 1. The van der Waals surface area contributed by atoms with Crippen molar-refractivity contribution in [3.05, 3.63) is 59.7 Å². The van der Waals surface area contributed by atoms with Crippen LogP contribution in [0.1, 0.15) is 36.8 Å². The van der Waals surface area contributed by atoms with Crippen molar-refractivity contribution in [2.24, 2.45) is 17.4 Å². The third-order valence-corrected chi connectivity index (χ3v) is 7.05. The van der Waals surface area contributed by atoms with Crippen LogP contribution in [0.5, 0.6) is 11.5 Å². The number of rotatable bonds is 12. The molecule has 188 valence electrons. The normalized spacial score (nSPS) is 20.3. The van der Waals surface area contributed by atoms with E-state index in [0.29, 0.717) is 19.3 Å². The maximum Gasteiger partial charge on any atom is 0.122 e. The molecular formula is C27H38N6O2. The van der Waals surface area contributed by atoms with E-state index in [2.05, 4.69) is 9.80 Å². The predicted molar refractivity (Wildman–Crippen MR) is 140 cm³/mol. The van der Waals surface area contributed by atoms with Crippen molar-refractivity contribution in [2.45, 2.75) is 31.7 Å². The molecule has 2 aromatic rings. The highest BCUT2D eigenvalue weighted by atomic mass is 16.5. The van der Waals surface area contributed by atoms with E-state index in [4.69, 9.17) is 31.8 Å². The molecule has 8 heteroatoms. The Morgan fingerprint density at radius 1 is 0.800 bits per heavy atom. The van der Waals surface area contributed by atoms with E-state index in [0.717, 1.165) is 61.0 Å². The van der Waals surface area contributed by atoms with Crippen molar-refractivity contribution >= 4 is 11.7 Å². The van der Waals surface area contributed by atoms with Crippen LogP contribution in [0, 0.1) is 16.7 Å². The smallest absolute Gasteiger partial charge is 0.122 e. The Kier molecular flexibility index (Phi) is 8.60. The van der Waals surface area contributed by atoms with Gasteiger partial charge >= 0.3 is 0 Å². The number of benzene rings is 2. The van der Waals surface area contributed by atoms with E-state index in [-0.39, 0.29) is 11.7 Å². The van der Waals surface area contributed by atoms with Gasteiger partial charge in [0.05, 0.1) is 13.2 Å². The molecule has 2 aromatic carbocycles. The topological polar surface area (TPSA) is 125 Å². The minimum Gasteiger partial charge on any atom is -0.494 e. The van der Waals surface area contributed by atoms with Gasteiger partial charge in [-0.05, 0) is 86.7 Å². The Labute approximate surface area is 208 Å². The predicted octanol–water partition coefficient (Wildman–Crippen LogP) is 2.89. The van der Waals surface area contributed by atoms with Crippen LogP contribution in [0.4, 0.5) is 0 Å². The van der Waals surface area contributed by atoms with Gasteiger partial charge in [-0.25, -0.2) is 0 Å². The summed E-state index contributed by atoms with van der Waals surface area (Å²) in [7, 11) is 0. The van der Waals surface area contributed by atoms with Crippen LogP contribution in [-0.2, 0) is 0 Å². The summed E-state index contributed by atoms with van der Waals surface area (Å²) in [6.45, 7) is 7.04. The van der Waals surface area contributed by atoms with Gasteiger partial charge in [0.2, 0.25) is 0 Å². The van der Waals surface area contributed by atoms with Gasteiger partial charge in [0.25, 0.3) is 0 Å². The fourth-order valence-electron chi connectivity index (χ4n) is 5.22. The zero-order valence-corrected chi connectivity index (χ0v) is 20.4. The van der Waals surface area contributed by atoms with E-state index < -0.39 is 0 Å². The molecule has 2 unspecified atom stereocenters. The van der Waals surface area contributed by atoms with Crippen molar-refractivity contribution in [3.8, 4) is 11.5 Å². The number of piperidine rings is 1. The third kappa shape index (κ3) is 6.96. The molecule has 0 bridgehead atoms. The van der Waals surface area contributed by atoms with Crippen LogP contribution in [0.2, 0.25) is 0 Å². The number of nitrogens with two attached hydrogens (primary N) is 2. The maximum atomic E-state index is 7.47. The van der Waals surface area contributed by atoms with Crippen molar-refractivity contribution in [1.82, 2.24) is 9.80 Å². The number of likely N-dealkylation sites (tertiary alicyclic amines) is 2. The Morgan fingerprint density at radius 3 is 1.89 bits per heavy atom. The van der Waals surface area contributed by atoms with Crippen LogP contribution < -0.4 is 20.9 Å². The molecule has 4 rings (SSSR count). The summed E-state index contributed by atoms with van der Waals surface area (Å²) in [4.78, 5) is 5.27. The first-order valence-electron chi connectivity index (χ1n) is 12.6. The van der Waals surface area contributed by atoms with Crippen LogP contribution in [0.15, 0.2) is 48.5 Å². The van der Waals surface area contributed by atoms with Gasteiger partial charge in [-0.2, -0.15) is 0 Å². The molecule has 2 atom stereocenters. The third-order valence-electron chi connectivity index (χ3n) is 7.05. The lowest BCUT2D eigenvalue weighted by molar-refractivity contribution is 0.115. The average Bonchev–Trinajstić information content (AvgIpc) is 3.29. The van der Waals surface area contributed by atoms with Crippen LogP contribution in [0.25, 0.3) is 0 Å². The molecule has 2 aliphatic rings. The average molecular weight is 479 g/mol. The second-order valence-electron chi connectivity index (χ2n) is 9.55. The Balaban J connectivity index is 1.14. The van der Waals surface area contributed by atoms with E-state index in [1.165, 1.54) is 25.9 Å². The quantitative estimate of drug-likeness (QED) is 0.211. The van der Waals surface area contributed by atoms with E-state index >= 15 is 0 Å². The highest BCUT2D eigenvalue weighted by molar-refractivity contribution is 5.95. The molecule has 2 aliphatic heterocycles. The molecule has 35 heavy (non-hydrogen) atoms. The molecule has 0 amide bonds. The van der Waals surface area contributed by atoms with Crippen LogP contribution >= 0.6 is 0 Å². The van der Waals surface area contributed by atoms with Gasteiger partial charge in [0.1, 0.15) is 23.2 Å². The molecule has 0 saturated carbocycles. The molecule has 0 radical (unpaired) electrons. The summed E-state index contributed by atoms with van der Waals surface area (Å²) in [5, 5.41) is 14.9. The Morgan fingerprint density at radius 2 is 1.34 bits per heavy atom. The molecule has 2 saturated heterocycles. The van der Waals surface area contributed by atoms with Crippen LogP contribution in [0.3, 0.4) is 0 Å². The van der Waals surface area contributed by atoms with Crippen molar-refractivity contribution < 1.29 is 9.47 Å². The van der Waals surface area contributed by atoms with Crippen LogP contribution in [-0.4, -0.2) is 73.5 Å². The van der Waals surface area contributed by atoms with Gasteiger partial charge < -0.3 is 25.8 Å². The first kappa shape index (κ1) is 25.0. The number of hydrogen-bond acceptors (Lipinski definition) is 6. The van der Waals surface area contributed by atoms with Gasteiger partial charge in [0, 0.05) is 43.3 Å². The van der Waals surface area contributed by atoms with Crippen molar-refractivity contribution in [3.63, 3.8) is 0 Å². The van der Waals surface area contributed by atoms with E-state index in [9.17, 15) is 0 Å². The Hall–Kier alpha value is -3.10.